The summed E-state index contributed by atoms with van der Waals surface area (Å²) in [5, 5.41) is 1.83. The van der Waals surface area contributed by atoms with Gasteiger partial charge in [0.2, 0.25) is 11.9 Å². The third-order valence-electron chi connectivity index (χ3n) is 7.05. The first kappa shape index (κ1) is 22.0. The molecular formula is C26H29ClN4O2. The van der Waals surface area contributed by atoms with Crippen molar-refractivity contribution in [3.05, 3.63) is 58.7 Å². The van der Waals surface area contributed by atoms with Crippen LogP contribution in [0.4, 0.5) is 5.95 Å². The highest BCUT2D eigenvalue weighted by Gasteiger charge is 2.34. The van der Waals surface area contributed by atoms with E-state index in [9.17, 15) is 4.79 Å². The first-order chi connectivity index (χ1) is 16.0. The molecule has 2 aliphatic heterocycles. The molecule has 3 aromatic rings. The number of halogens is 1. The number of hydrogen-bond acceptors (Lipinski definition) is 5. The highest BCUT2D eigenvalue weighted by atomic mass is 35.5. The monoisotopic (exact) mass is 464 g/mol. The van der Waals surface area contributed by atoms with Crippen LogP contribution < -0.4 is 9.64 Å². The maximum atomic E-state index is 13.2. The van der Waals surface area contributed by atoms with Crippen molar-refractivity contribution in [1.29, 1.82) is 0 Å². The van der Waals surface area contributed by atoms with Gasteiger partial charge in [-0.15, -0.1) is 0 Å². The molecule has 2 fully saturated rings. The number of carbonyl (C=O) groups is 1. The van der Waals surface area contributed by atoms with Gasteiger partial charge in [0.05, 0.1) is 18.3 Å². The Balaban J connectivity index is 1.23. The lowest BCUT2D eigenvalue weighted by molar-refractivity contribution is -0.135. The number of benzene rings is 2. The van der Waals surface area contributed by atoms with Crippen molar-refractivity contribution in [3.8, 4) is 5.75 Å². The van der Waals surface area contributed by atoms with E-state index in [-0.39, 0.29) is 11.8 Å². The van der Waals surface area contributed by atoms with Crippen molar-refractivity contribution < 1.29 is 9.53 Å². The summed E-state index contributed by atoms with van der Waals surface area (Å²) in [5.74, 6) is 2.20. The lowest BCUT2D eigenvalue weighted by atomic mass is 9.95. The molecule has 0 bridgehead atoms. The molecule has 0 radical (unpaired) electrons. The summed E-state index contributed by atoms with van der Waals surface area (Å²) < 4.78 is 5.36. The van der Waals surface area contributed by atoms with E-state index in [0.29, 0.717) is 5.92 Å². The number of aryl methyl sites for hydroxylation is 1. The Morgan fingerprint density at radius 2 is 1.85 bits per heavy atom. The zero-order valence-electron chi connectivity index (χ0n) is 19.1. The van der Waals surface area contributed by atoms with E-state index in [1.165, 1.54) is 0 Å². The Morgan fingerprint density at radius 3 is 2.61 bits per heavy atom. The predicted octanol–water partition coefficient (Wildman–Crippen LogP) is 4.83. The Morgan fingerprint density at radius 1 is 1.06 bits per heavy atom. The number of carbonyl (C=O) groups excluding carboxylic acids is 1. The van der Waals surface area contributed by atoms with Crippen LogP contribution >= 0.6 is 11.6 Å². The molecule has 0 N–H and O–H groups in total. The molecule has 0 saturated carbocycles. The summed E-state index contributed by atoms with van der Waals surface area (Å²) in [4.78, 5) is 27.0. The minimum Gasteiger partial charge on any atom is -0.497 e. The zero-order valence-corrected chi connectivity index (χ0v) is 19.9. The molecule has 1 aromatic heterocycles. The molecule has 2 saturated heterocycles. The molecule has 3 heterocycles. The van der Waals surface area contributed by atoms with E-state index in [1.54, 1.807) is 7.11 Å². The third kappa shape index (κ3) is 4.36. The predicted molar refractivity (Wildman–Crippen MR) is 131 cm³/mol. The summed E-state index contributed by atoms with van der Waals surface area (Å²) in [7, 11) is 1.66. The summed E-state index contributed by atoms with van der Waals surface area (Å²) in [6, 6.07) is 13.9. The maximum Gasteiger partial charge on any atom is 0.226 e. The molecule has 33 heavy (non-hydrogen) atoms. The third-order valence-corrected chi connectivity index (χ3v) is 7.40. The van der Waals surface area contributed by atoms with Crippen molar-refractivity contribution in [3.63, 3.8) is 0 Å². The van der Waals surface area contributed by atoms with Gasteiger partial charge in [-0.3, -0.25) is 4.79 Å². The Bertz CT molecular complexity index is 1180. The van der Waals surface area contributed by atoms with Gasteiger partial charge in [0.25, 0.3) is 0 Å². The van der Waals surface area contributed by atoms with E-state index in [4.69, 9.17) is 26.3 Å². The van der Waals surface area contributed by atoms with Gasteiger partial charge in [-0.1, -0.05) is 29.8 Å². The molecule has 0 unspecified atom stereocenters. The van der Waals surface area contributed by atoms with Gasteiger partial charge in [0.15, 0.2) is 0 Å². The van der Waals surface area contributed by atoms with Gasteiger partial charge in [0, 0.05) is 54.5 Å². The van der Waals surface area contributed by atoms with Crippen LogP contribution in [0.5, 0.6) is 5.75 Å². The van der Waals surface area contributed by atoms with Gasteiger partial charge < -0.3 is 14.5 Å². The number of rotatable bonds is 4. The molecule has 6 nitrogen and oxygen atoms in total. The number of fused-ring (bicyclic) bond motifs is 1. The topological polar surface area (TPSA) is 58.6 Å². The molecule has 172 valence electrons. The number of hydrogen-bond donors (Lipinski definition) is 0. The number of piperidine rings is 1. The van der Waals surface area contributed by atoms with E-state index >= 15 is 0 Å². The average molecular weight is 465 g/mol. The first-order valence-corrected chi connectivity index (χ1v) is 12.0. The maximum absolute atomic E-state index is 13.2. The molecule has 7 heteroatoms. The van der Waals surface area contributed by atoms with Crippen molar-refractivity contribution >= 4 is 34.4 Å². The van der Waals surface area contributed by atoms with Crippen LogP contribution in [-0.2, 0) is 4.79 Å². The Kier molecular flexibility index (Phi) is 6.11. The quantitative estimate of drug-likeness (QED) is 0.553. The summed E-state index contributed by atoms with van der Waals surface area (Å²) in [5.41, 5.74) is 3.00. The van der Waals surface area contributed by atoms with Crippen molar-refractivity contribution in [2.75, 3.05) is 38.2 Å². The van der Waals surface area contributed by atoms with Gasteiger partial charge in [-0.25, -0.2) is 9.97 Å². The zero-order chi connectivity index (χ0) is 22.9. The largest absolute Gasteiger partial charge is 0.497 e. The molecule has 5 rings (SSSR count). The van der Waals surface area contributed by atoms with Gasteiger partial charge in [-0.05, 0) is 49.9 Å². The van der Waals surface area contributed by atoms with Gasteiger partial charge in [0.1, 0.15) is 5.75 Å². The Labute approximate surface area is 199 Å². The number of aromatic nitrogens is 2. The Hall–Kier alpha value is -2.86. The number of anilines is 1. The molecule has 2 aromatic carbocycles. The van der Waals surface area contributed by atoms with Gasteiger partial charge in [-0.2, -0.15) is 0 Å². The standard InChI is InChI=1S/C26H29ClN4O2/c1-17-21-8-7-20(33-2)15-24(21)29-26(28-17)30-12-9-18(10-13-30)25(32)31-14-11-19(16-31)22-5-3-4-6-23(22)27/h3-8,15,18-19H,9-14,16H2,1-2H3/t19-/m0/s1. The second-order valence-electron chi connectivity index (χ2n) is 9.04. The first-order valence-electron chi connectivity index (χ1n) is 11.6. The molecule has 2 aliphatic rings. The lowest BCUT2D eigenvalue weighted by Gasteiger charge is -2.33. The number of ether oxygens (including phenoxy) is 1. The van der Waals surface area contributed by atoms with Crippen LogP contribution in [0.15, 0.2) is 42.5 Å². The van der Waals surface area contributed by atoms with Crippen LogP contribution in [0.25, 0.3) is 10.9 Å². The fraction of sp³-hybridized carbons (Fsp3) is 0.423. The van der Waals surface area contributed by atoms with Crippen molar-refractivity contribution in [1.82, 2.24) is 14.9 Å². The number of nitrogens with zero attached hydrogens (tertiary/aromatic N) is 4. The van der Waals surface area contributed by atoms with E-state index in [2.05, 4.69) is 11.0 Å². The van der Waals surface area contributed by atoms with Gasteiger partial charge >= 0.3 is 0 Å². The van der Waals surface area contributed by atoms with Crippen LogP contribution in [0.2, 0.25) is 5.02 Å². The normalized spacial score (nSPS) is 19.3. The fourth-order valence-corrected chi connectivity index (χ4v) is 5.42. The molecule has 0 spiro atoms. The van der Waals surface area contributed by atoms with Crippen LogP contribution in [-0.4, -0.2) is 54.1 Å². The summed E-state index contributed by atoms with van der Waals surface area (Å²) in [6.45, 7) is 5.15. The van der Waals surface area contributed by atoms with E-state index < -0.39 is 0 Å². The SMILES string of the molecule is COc1ccc2c(C)nc(N3CCC(C(=O)N4CC[C@H](c5ccccc5Cl)C4)CC3)nc2c1. The number of likely N-dealkylation sites (tertiary alicyclic amines) is 1. The lowest BCUT2D eigenvalue weighted by Crippen LogP contribution is -2.42. The molecule has 1 amide bonds. The second-order valence-corrected chi connectivity index (χ2v) is 9.45. The van der Waals surface area contributed by atoms with Crippen LogP contribution in [0.3, 0.4) is 0 Å². The second kappa shape index (κ2) is 9.18. The molecule has 0 aliphatic carbocycles. The fourth-order valence-electron chi connectivity index (χ4n) is 5.13. The minimum atomic E-state index is 0.0629. The highest BCUT2D eigenvalue weighted by Crippen LogP contribution is 2.34. The molecular weight excluding hydrogens is 436 g/mol. The highest BCUT2D eigenvalue weighted by molar-refractivity contribution is 6.31. The van der Waals surface area contributed by atoms with Crippen LogP contribution in [0.1, 0.15) is 36.4 Å². The average Bonchev–Trinajstić information content (AvgIpc) is 3.33. The van der Waals surface area contributed by atoms with Crippen LogP contribution in [0, 0.1) is 12.8 Å². The van der Waals surface area contributed by atoms with Crippen molar-refractivity contribution in [2.24, 2.45) is 5.92 Å². The smallest absolute Gasteiger partial charge is 0.226 e. The summed E-state index contributed by atoms with van der Waals surface area (Å²) in [6.07, 6.45) is 2.62. The number of amides is 1. The number of methoxy groups -OCH3 is 1. The molecule has 1 atom stereocenters. The van der Waals surface area contributed by atoms with E-state index in [1.807, 2.05) is 48.2 Å². The summed E-state index contributed by atoms with van der Waals surface area (Å²) >= 11 is 6.39. The van der Waals surface area contributed by atoms with Crippen molar-refractivity contribution in [2.45, 2.75) is 32.1 Å². The minimum absolute atomic E-state index is 0.0629. The van der Waals surface area contributed by atoms with E-state index in [0.717, 1.165) is 84.3 Å².